The summed E-state index contributed by atoms with van der Waals surface area (Å²) in [5.41, 5.74) is 2.54. The monoisotopic (exact) mass is 414 g/mol. The van der Waals surface area contributed by atoms with E-state index in [4.69, 9.17) is 9.47 Å². The zero-order valence-electron chi connectivity index (χ0n) is 18.2. The van der Waals surface area contributed by atoms with E-state index in [0.29, 0.717) is 0 Å². The van der Waals surface area contributed by atoms with E-state index in [0.717, 1.165) is 77.6 Å². The van der Waals surface area contributed by atoms with Gasteiger partial charge in [-0.1, -0.05) is 0 Å². The number of amides is 1. The number of nitrogens with zero attached hydrogens (tertiary/aromatic N) is 3. The number of rotatable bonds is 7. The Balaban J connectivity index is 1.25. The Labute approximate surface area is 178 Å². The predicted octanol–water partition coefficient (Wildman–Crippen LogP) is 1.85. The van der Waals surface area contributed by atoms with Crippen LogP contribution in [0.5, 0.6) is 5.75 Å². The lowest BCUT2D eigenvalue weighted by atomic mass is 9.95. The molecule has 30 heavy (non-hydrogen) atoms. The van der Waals surface area contributed by atoms with Gasteiger partial charge >= 0.3 is 0 Å². The summed E-state index contributed by atoms with van der Waals surface area (Å²) in [6.45, 7) is 8.02. The zero-order valence-corrected chi connectivity index (χ0v) is 18.2. The van der Waals surface area contributed by atoms with Crippen LogP contribution >= 0.6 is 0 Å². The molecule has 0 aliphatic carbocycles. The van der Waals surface area contributed by atoms with Crippen molar-refractivity contribution in [2.45, 2.75) is 19.4 Å². The van der Waals surface area contributed by atoms with Crippen LogP contribution in [-0.4, -0.2) is 79.9 Å². The van der Waals surface area contributed by atoms with Gasteiger partial charge in [-0.3, -0.25) is 14.6 Å². The topological polar surface area (TPSA) is 59.0 Å². The molecule has 0 unspecified atom stereocenters. The minimum atomic E-state index is 0.138. The summed E-state index contributed by atoms with van der Waals surface area (Å²) in [7, 11) is 3.80. The first-order valence-corrected chi connectivity index (χ1v) is 11.1. The molecule has 1 aromatic heterocycles. The van der Waals surface area contributed by atoms with Crippen LogP contribution < -0.4 is 10.1 Å². The Kier molecular flexibility index (Phi) is 6.92. The molecule has 1 amide bonds. The fraction of sp³-hybridized carbons (Fsp3) is 0.609. The molecule has 0 spiro atoms. The Morgan fingerprint density at radius 2 is 1.93 bits per heavy atom. The first-order chi connectivity index (χ1) is 14.6. The van der Waals surface area contributed by atoms with Crippen molar-refractivity contribution < 1.29 is 14.3 Å². The van der Waals surface area contributed by atoms with Crippen LogP contribution in [0.15, 0.2) is 24.4 Å². The van der Waals surface area contributed by atoms with Gasteiger partial charge in [0.25, 0.3) is 0 Å². The molecule has 7 nitrogen and oxygen atoms in total. The van der Waals surface area contributed by atoms with Crippen molar-refractivity contribution in [2.75, 3.05) is 59.6 Å². The van der Waals surface area contributed by atoms with Crippen LogP contribution in [0.3, 0.4) is 0 Å². The second kappa shape index (κ2) is 9.81. The van der Waals surface area contributed by atoms with E-state index >= 15 is 0 Å². The minimum absolute atomic E-state index is 0.138. The van der Waals surface area contributed by atoms with Crippen molar-refractivity contribution in [3.8, 4) is 5.75 Å². The van der Waals surface area contributed by atoms with Gasteiger partial charge < -0.3 is 19.4 Å². The van der Waals surface area contributed by atoms with Gasteiger partial charge in [-0.2, -0.15) is 0 Å². The van der Waals surface area contributed by atoms with E-state index in [9.17, 15) is 4.79 Å². The first kappa shape index (κ1) is 21.2. The second-order valence-electron chi connectivity index (χ2n) is 8.44. The van der Waals surface area contributed by atoms with E-state index in [1.165, 1.54) is 16.5 Å². The van der Waals surface area contributed by atoms with Gasteiger partial charge in [0, 0.05) is 62.8 Å². The number of ether oxygens (including phenoxy) is 2. The lowest BCUT2D eigenvalue weighted by Gasteiger charge is -2.31. The number of hydrogen-bond donors (Lipinski definition) is 1. The molecule has 7 heteroatoms. The largest absolute Gasteiger partial charge is 0.497 e. The molecule has 2 saturated heterocycles. The molecule has 164 valence electrons. The van der Waals surface area contributed by atoms with Crippen LogP contribution in [0.25, 0.3) is 10.9 Å². The number of aryl methyl sites for hydroxylation is 1. The van der Waals surface area contributed by atoms with Gasteiger partial charge in [0.05, 0.1) is 20.3 Å². The highest BCUT2D eigenvalue weighted by molar-refractivity contribution is 5.85. The van der Waals surface area contributed by atoms with Crippen molar-refractivity contribution in [1.82, 2.24) is 19.7 Å². The number of methoxy groups -OCH3 is 1. The summed E-state index contributed by atoms with van der Waals surface area (Å²) < 4.78 is 13.0. The third-order valence-electron chi connectivity index (χ3n) is 6.46. The van der Waals surface area contributed by atoms with Crippen molar-refractivity contribution in [2.24, 2.45) is 13.0 Å². The van der Waals surface area contributed by atoms with E-state index in [1.807, 2.05) is 6.07 Å². The maximum Gasteiger partial charge on any atom is 0.223 e. The summed E-state index contributed by atoms with van der Waals surface area (Å²) in [5, 5.41) is 4.40. The predicted molar refractivity (Wildman–Crippen MR) is 118 cm³/mol. The summed E-state index contributed by atoms with van der Waals surface area (Å²) >= 11 is 0. The van der Waals surface area contributed by atoms with Crippen LogP contribution in [0, 0.1) is 5.92 Å². The van der Waals surface area contributed by atoms with E-state index < -0.39 is 0 Å². The minimum Gasteiger partial charge on any atom is -0.497 e. The van der Waals surface area contributed by atoms with Crippen molar-refractivity contribution in [1.29, 1.82) is 0 Å². The number of carbonyl (C=O) groups excluding carboxylic acids is 1. The number of morpholine rings is 1. The molecule has 3 heterocycles. The number of hydrogen-bond acceptors (Lipinski definition) is 5. The van der Waals surface area contributed by atoms with Gasteiger partial charge in [0.15, 0.2) is 0 Å². The van der Waals surface area contributed by atoms with E-state index in [2.05, 4.69) is 45.1 Å². The molecular formula is C23H34N4O3. The molecule has 0 saturated carbocycles. The molecule has 0 radical (unpaired) electrons. The van der Waals surface area contributed by atoms with Crippen LogP contribution in [0.4, 0.5) is 0 Å². The quantitative estimate of drug-likeness (QED) is 0.749. The summed E-state index contributed by atoms with van der Waals surface area (Å²) in [4.78, 5) is 17.4. The summed E-state index contributed by atoms with van der Waals surface area (Å²) in [6, 6.07) is 6.25. The molecule has 0 atom stereocenters. The molecule has 4 rings (SSSR count). The fourth-order valence-corrected chi connectivity index (χ4v) is 4.61. The molecule has 2 aliphatic heterocycles. The van der Waals surface area contributed by atoms with Gasteiger partial charge in [-0.15, -0.1) is 0 Å². The zero-order chi connectivity index (χ0) is 20.9. The van der Waals surface area contributed by atoms with Gasteiger partial charge in [-0.25, -0.2) is 0 Å². The summed E-state index contributed by atoms with van der Waals surface area (Å²) in [5.74, 6) is 1.25. The highest BCUT2D eigenvalue weighted by Gasteiger charge is 2.25. The Hall–Kier alpha value is -2.09. The average Bonchev–Trinajstić information content (AvgIpc) is 3.09. The maximum absolute atomic E-state index is 12.6. The molecule has 2 aromatic rings. The number of piperidine rings is 1. The van der Waals surface area contributed by atoms with Crippen molar-refractivity contribution in [3.63, 3.8) is 0 Å². The fourth-order valence-electron chi connectivity index (χ4n) is 4.61. The average molecular weight is 415 g/mol. The Morgan fingerprint density at radius 1 is 1.17 bits per heavy atom. The third kappa shape index (κ3) is 4.96. The normalized spacial score (nSPS) is 19.3. The standard InChI is InChI=1S/C23H34N4O3/c1-25-16-19(21-15-20(29-2)3-4-22(21)25)17-27-8-5-18(6-9-27)23(28)24-7-10-26-11-13-30-14-12-26/h3-4,15-16,18H,5-14,17H2,1-2H3,(H,24,28). The number of likely N-dealkylation sites (tertiary alicyclic amines) is 1. The SMILES string of the molecule is COc1ccc2c(c1)c(CN1CCC(C(=O)NCCN3CCOCC3)CC1)cn2C. The number of carbonyl (C=O) groups is 1. The van der Waals surface area contributed by atoms with Gasteiger partial charge in [-0.05, 0) is 49.7 Å². The Morgan fingerprint density at radius 3 is 2.67 bits per heavy atom. The number of benzene rings is 1. The van der Waals surface area contributed by atoms with E-state index in [-0.39, 0.29) is 11.8 Å². The number of aromatic nitrogens is 1. The van der Waals surface area contributed by atoms with Crippen molar-refractivity contribution >= 4 is 16.8 Å². The second-order valence-corrected chi connectivity index (χ2v) is 8.44. The highest BCUT2D eigenvalue weighted by atomic mass is 16.5. The van der Waals surface area contributed by atoms with Crippen molar-refractivity contribution in [3.05, 3.63) is 30.0 Å². The molecule has 1 aromatic carbocycles. The molecular weight excluding hydrogens is 380 g/mol. The van der Waals surface area contributed by atoms with Crippen LogP contribution in [0.1, 0.15) is 18.4 Å². The van der Waals surface area contributed by atoms with Gasteiger partial charge in [0.2, 0.25) is 5.91 Å². The lowest BCUT2D eigenvalue weighted by Crippen LogP contribution is -2.44. The first-order valence-electron chi connectivity index (χ1n) is 11.1. The van der Waals surface area contributed by atoms with E-state index in [1.54, 1.807) is 7.11 Å². The third-order valence-corrected chi connectivity index (χ3v) is 6.46. The Bertz CT molecular complexity index is 851. The van der Waals surface area contributed by atoms with Gasteiger partial charge in [0.1, 0.15) is 5.75 Å². The molecule has 2 aliphatic rings. The summed E-state index contributed by atoms with van der Waals surface area (Å²) in [6.07, 6.45) is 4.07. The molecule has 2 fully saturated rings. The van der Waals surface area contributed by atoms with Crippen LogP contribution in [-0.2, 0) is 23.1 Å². The smallest absolute Gasteiger partial charge is 0.223 e. The highest BCUT2D eigenvalue weighted by Crippen LogP contribution is 2.27. The maximum atomic E-state index is 12.6. The van der Waals surface area contributed by atoms with Crippen LogP contribution in [0.2, 0.25) is 0 Å². The lowest BCUT2D eigenvalue weighted by molar-refractivity contribution is -0.126. The molecule has 0 bridgehead atoms. The number of fused-ring (bicyclic) bond motifs is 1. The number of nitrogens with one attached hydrogen (secondary N) is 1. The molecule has 1 N–H and O–H groups in total.